The molecule has 0 saturated carbocycles. The van der Waals surface area contributed by atoms with E-state index in [1.807, 2.05) is 38.2 Å². The molecule has 0 aliphatic heterocycles. The van der Waals surface area contributed by atoms with E-state index in [0.717, 1.165) is 21.4 Å². The smallest absolute Gasteiger partial charge is 0.0738 e. The molecule has 0 spiro atoms. The molecule has 0 aliphatic carbocycles. The van der Waals surface area contributed by atoms with Crippen molar-refractivity contribution in [2.24, 2.45) is 7.05 Å². The fourth-order valence-corrected chi connectivity index (χ4v) is 2.84. The van der Waals surface area contributed by atoms with Crippen molar-refractivity contribution in [1.82, 2.24) is 9.78 Å². The van der Waals surface area contributed by atoms with Gasteiger partial charge in [0.2, 0.25) is 0 Å². The van der Waals surface area contributed by atoms with Crippen LogP contribution in [0.2, 0.25) is 5.02 Å². The van der Waals surface area contributed by atoms with Gasteiger partial charge in [-0.3, -0.25) is 4.68 Å². The first kappa shape index (κ1) is 14.6. The predicted molar refractivity (Wildman–Crippen MR) is 80.5 cm³/mol. The van der Waals surface area contributed by atoms with Crippen LogP contribution in [0.3, 0.4) is 0 Å². The van der Waals surface area contributed by atoms with Crippen molar-refractivity contribution in [2.45, 2.75) is 25.9 Å². The number of aliphatic hydroxyl groups excluding tert-OH is 1. The third-order valence-electron chi connectivity index (χ3n) is 3.05. The lowest BCUT2D eigenvalue weighted by Crippen LogP contribution is -2.16. The number of hydrogen-bond acceptors (Lipinski definition) is 2. The van der Waals surface area contributed by atoms with Crippen LogP contribution in [0.4, 0.5) is 0 Å². The summed E-state index contributed by atoms with van der Waals surface area (Å²) in [6.45, 7) is 1.94. The molecule has 1 unspecified atom stereocenters. The van der Waals surface area contributed by atoms with Crippen molar-refractivity contribution in [1.29, 1.82) is 0 Å². The Morgan fingerprint density at radius 3 is 2.74 bits per heavy atom. The Bertz CT molecular complexity index is 583. The molecule has 1 aromatic heterocycles. The molecule has 0 saturated heterocycles. The van der Waals surface area contributed by atoms with E-state index in [9.17, 15) is 5.11 Å². The molecule has 3 nitrogen and oxygen atoms in total. The maximum atomic E-state index is 10.2. The quantitative estimate of drug-likeness (QED) is 0.925. The molecule has 1 atom stereocenters. The molecule has 5 heteroatoms. The van der Waals surface area contributed by atoms with Crippen LogP contribution < -0.4 is 0 Å². The van der Waals surface area contributed by atoms with Crippen LogP contribution in [0.25, 0.3) is 0 Å². The first-order chi connectivity index (χ1) is 8.97. The van der Waals surface area contributed by atoms with Gasteiger partial charge in [-0.1, -0.05) is 23.7 Å². The first-order valence-corrected chi connectivity index (χ1v) is 7.25. The predicted octanol–water partition coefficient (Wildman–Crippen LogP) is 3.29. The SMILES string of the molecule is Cc1nn(C)c(CC(O)Cc2cccc(Cl)c2)c1Br. The van der Waals surface area contributed by atoms with E-state index >= 15 is 0 Å². The van der Waals surface area contributed by atoms with Gasteiger partial charge in [0.25, 0.3) is 0 Å². The highest BCUT2D eigenvalue weighted by Crippen LogP contribution is 2.22. The van der Waals surface area contributed by atoms with Gasteiger partial charge in [0.05, 0.1) is 22.0 Å². The van der Waals surface area contributed by atoms with E-state index in [-0.39, 0.29) is 0 Å². The summed E-state index contributed by atoms with van der Waals surface area (Å²) in [5.41, 5.74) is 2.98. The fourth-order valence-electron chi connectivity index (χ4n) is 2.13. The average molecular weight is 344 g/mol. The van der Waals surface area contributed by atoms with Gasteiger partial charge in [0.1, 0.15) is 0 Å². The first-order valence-electron chi connectivity index (χ1n) is 6.08. The lowest BCUT2D eigenvalue weighted by molar-refractivity contribution is 0.172. The lowest BCUT2D eigenvalue weighted by atomic mass is 10.0. The molecule has 0 bridgehead atoms. The van der Waals surface area contributed by atoms with Gasteiger partial charge in [-0.2, -0.15) is 5.10 Å². The second-order valence-corrected chi connectivity index (χ2v) is 5.89. The summed E-state index contributed by atoms with van der Waals surface area (Å²) in [5, 5.41) is 15.2. The summed E-state index contributed by atoms with van der Waals surface area (Å²) in [6, 6.07) is 7.58. The average Bonchev–Trinajstić information content (AvgIpc) is 2.56. The van der Waals surface area contributed by atoms with Crippen molar-refractivity contribution in [3.8, 4) is 0 Å². The Balaban J connectivity index is 2.07. The molecular formula is C14H16BrClN2O. The van der Waals surface area contributed by atoms with Gasteiger partial charge >= 0.3 is 0 Å². The van der Waals surface area contributed by atoms with Gasteiger partial charge in [-0.25, -0.2) is 0 Å². The highest BCUT2D eigenvalue weighted by Gasteiger charge is 2.15. The van der Waals surface area contributed by atoms with E-state index in [1.54, 1.807) is 4.68 Å². The highest BCUT2D eigenvalue weighted by molar-refractivity contribution is 9.10. The Morgan fingerprint density at radius 2 is 2.16 bits per heavy atom. The Morgan fingerprint density at radius 1 is 1.42 bits per heavy atom. The van der Waals surface area contributed by atoms with Crippen LogP contribution in [0.1, 0.15) is 17.0 Å². The molecule has 0 amide bonds. The third kappa shape index (κ3) is 3.59. The normalized spacial score (nSPS) is 12.7. The monoisotopic (exact) mass is 342 g/mol. The van der Waals surface area contributed by atoms with Gasteiger partial charge < -0.3 is 5.11 Å². The number of halogens is 2. The number of aliphatic hydroxyl groups is 1. The Kier molecular flexibility index (Phi) is 4.66. The molecule has 1 aromatic carbocycles. The topological polar surface area (TPSA) is 38.0 Å². The minimum atomic E-state index is -0.454. The lowest BCUT2D eigenvalue weighted by Gasteiger charge is -2.11. The van der Waals surface area contributed by atoms with E-state index < -0.39 is 6.10 Å². The minimum absolute atomic E-state index is 0.454. The number of aryl methyl sites for hydroxylation is 2. The van der Waals surface area contributed by atoms with Gasteiger partial charge in [-0.15, -0.1) is 0 Å². The summed E-state index contributed by atoms with van der Waals surface area (Å²) >= 11 is 9.45. The molecule has 1 heterocycles. The van der Waals surface area contributed by atoms with Crippen LogP contribution in [0.15, 0.2) is 28.7 Å². The Labute approximate surface area is 126 Å². The number of hydrogen-bond donors (Lipinski definition) is 1. The number of nitrogens with zero attached hydrogens (tertiary/aromatic N) is 2. The molecule has 1 N–H and O–H groups in total. The van der Waals surface area contributed by atoms with Crippen LogP contribution in [0.5, 0.6) is 0 Å². The van der Waals surface area contributed by atoms with E-state index in [4.69, 9.17) is 11.6 Å². The van der Waals surface area contributed by atoms with Gasteiger partial charge in [0, 0.05) is 18.5 Å². The fraction of sp³-hybridized carbons (Fsp3) is 0.357. The largest absolute Gasteiger partial charge is 0.392 e. The molecule has 0 fully saturated rings. The summed E-state index contributed by atoms with van der Waals surface area (Å²) in [4.78, 5) is 0. The van der Waals surface area contributed by atoms with Crippen molar-refractivity contribution >= 4 is 27.5 Å². The molecule has 0 radical (unpaired) electrons. The molecule has 2 rings (SSSR count). The van der Waals surface area contributed by atoms with E-state index in [0.29, 0.717) is 17.9 Å². The summed E-state index contributed by atoms with van der Waals surface area (Å²) in [5.74, 6) is 0. The van der Waals surface area contributed by atoms with Crippen LogP contribution in [0, 0.1) is 6.92 Å². The number of benzene rings is 1. The van der Waals surface area contributed by atoms with Gasteiger partial charge in [0.15, 0.2) is 0 Å². The van der Waals surface area contributed by atoms with Crippen molar-refractivity contribution < 1.29 is 5.11 Å². The summed E-state index contributed by atoms with van der Waals surface area (Å²) < 4.78 is 2.78. The molecule has 2 aromatic rings. The van der Waals surface area contributed by atoms with Gasteiger partial charge in [-0.05, 0) is 47.0 Å². The molecule has 0 aliphatic rings. The summed E-state index contributed by atoms with van der Waals surface area (Å²) in [7, 11) is 1.89. The van der Waals surface area contributed by atoms with Crippen molar-refractivity contribution in [3.63, 3.8) is 0 Å². The zero-order valence-corrected chi connectivity index (χ0v) is 13.2. The van der Waals surface area contributed by atoms with Crippen LogP contribution >= 0.6 is 27.5 Å². The van der Waals surface area contributed by atoms with E-state index in [1.165, 1.54) is 0 Å². The molecule has 102 valence electrons. The van der Waals surface area contributed by atoms with Crippen LogP contribution in [-0.2, 0) is 19.9 Å². The highest BCUT2D eigenvalue weighted by atomic mass is 79.9. The van der Waals surface area contributed by atoms with Crippen LogP contribution in [-0.4, -0.2) is 21.0 Å². The zero-order valence-electron chi connectivity index (χ0n) is 10.9. The van der Waals surface area contributed by atoms with Crippen molar-refractivity contribution in [3.05, 3.63) is 50.7 Å². The second kappa shape index (κ2) is 6.07. The van der Waals surface area contributed by atoms with Crippen molar-refractivity contribution in [2.75, 3.05) is 0 Å². The maximum Gasteiger partial charge on any atom is 0.0738 e. The number of aromatic nitrogens is 2. The zero-order chi connectivity index (χ0) is 14.0. The Hall–Kier alpha value is -0.840. The number of rotatable bonds is 4. The second-order valence-electron chi connectivity index (χ2n) is 4.66. The summed E-state index contributed by atoms with van der Waals surface area (Å²) in [6.07, 6.45) is 0.686. The minimum Gasteiger partial charge on any atom is -0.392 e. The standard InChI is InChI=1S/C14H16BrClN2O/c1-9-14(15)13(18(2)17-9)8-12(19)7-10-4-3-5-11(16)6-10/h3-6,12,19H,7-8H2,1-2H3. The third-order valence-corrected chi connectivity index (χ3v) is 4.32. The molecular weight excluding hydrogens is 328 g/mol. The molecule has 19 heavy (non-hydrogen) atoms. The maximum absolute atomic E-state index is 10.2. The van der Waals surface area contributed by atoms with E-state index in [2.05, 4.69) is 21.0 Å².